The average Bonchev–Trinajstić information content (AvgIpc) is 2.87. The van der Waals surface area contributed by atoms with Crippen LogP contribution in [0.2, 0.25) is 10.0 Å². The number of hydrogen-bond acceptors (Lipinski definition) is 3. The van der Waals surface area contributed by atoms with Crippen molar-refractivity contribution in [3.8, 4) is 0 Å². The first-order chi connectivity index (χ1) is 10.1. The van der Waals surface area contributed by atoms with Crippen LogP contribution >= 0.6 is 23.2 Å². The summed E-state index contributed by atoms with van der Waals surface area (Å²) in [6.07, 6.45) is -0.747. The first kappa shape index (κ1) is 14.2. The van der Waals surface area contributed by atoms with E-state index < -0.39 is 6.10 Å². The van der Waals surface area contributed by atoms with E-state index in [0.717, 1.165) is 11.0 Å². The van der Waals surface area contributed by atoms with Crippen LogP contribution in [0, 0.1) is 0 Å². The molecule has 0 bridgehead atoms. The molecule has 21 heavy (non-hydrogen) atoms. The SMILES string of the molecule is OC(CNc1nc2ccccc2[nH]1)c1ccc(Cl)cc1Cl. The van der Waals surface area contributed by atoms with Gasteiger partial charge in [0.15, 0.2) is 0 Å². The fraction of sp³-hybridized carbons (Fsp3) is 0.133. The number of aromatic nitrogens is 2. The molecule has 2 aromatic carbocycles. The second-order valence-electron chi connectivity index (χ2n) is 4.67. The Bertz CT molecular complexity index is 739. The number of nitrogens with zero attached hydrogens (tertiary/aromatic N) is 1. The highest BCUT2D eigenvalue weighted by molar-refractivity contribution is 6.35. The number of anilines is 1. The van der Waals surface area contributed by atoms with E-state index in [1.807, 2.05) is 24.3 Å². The van der Waals surface area contributed by atoms with Gasteiger partial charge in [0.1, 0.15) is 0 Å². The number of H-pyrrole nitrogens is 1. The molecule has 3 aromatic rings. The van der Waals surface area contributed by atoms with E-state index in [1.165, 1.54) is 0 Å². The van der Waals surface area contributed by atoms with Gasteiger partial charge in [-0.3, -0.25) is 0 Å². The number of para-hydroxylation sites is 2. The highest BCUT2D eigenvalue weighted by Crippen LogP contribution is 2.26. The van der Waals surface area contributed by atoms with Gasteiger partial charge in [0.05, 0.1) is 17.1 Å². The van der Waals surface area contributed by atoms with E-state index in [4.69, 9.17) is 23.2 Å². The van der Waals surface area contributed by atoms with E-state index in [0.29, 0.717) is 28.1 Å². The second kappa shape index (κ2) is 5.93. The molecule has 0 fully saturated rings. The lowest BCUT2D eigenvalue weighted by Gasteiger charge is -2.13. The van der Waals surface area contributed by atoms with Crippen molar-refractivity contribution in [3.05, 3.63) is 58.1 Å². The van der Waals surface area contributed by atoms with Crippen LogP contribution in [0.25, 0.3) is 11.0 Å². The quantitative estimate of drug-likeness (QED) is 0.680. The molecule has 1 heterocycles. The highest BCUT2D eigenvalue weighted by atomic mass is 35.5. The molecule has 0 saturated heterocycles. The maximum Gasteiger partial charge on any atom is 0.201 e. The topological polar surface area (TPSA) is 60.9 Å². The first-order valence-corrected chi connectivity index (χ1v) is 7.21. The van der Waals surface area contributed by atoms with E-state index in [-0.39, 0.29) is 0 Å². The monoisotopic (exact) mass is 321 g/mol. The molecule has 0 aliphatic rings. The summed E-state index contributed by atoms with van der Waals surface area (Å²) in [4.78, 5) is 7.52. The number of aromatic amines is 1. The van der Waals surface area contributed by atoms with Crippen molar-refractivity contribution in [2.45, 2.75) is 6.10 Å². The van der Waals surface area contributed by atoms with Crippen molar-refractivity contribution in [1.29, 1.82) is 0 Å². The minimum absolute atomic E-state index is 0.293. The van der Waals surface area contributed by atoms with E-state index in [1.54, 1.807) is 18.2 Å². The fourth-order valence-electron chi connectivity index (χ4n) is 2.11. The van der Waals surface area contributed by atoms with Crippen LogP contribution in [0.5, 0.6) is 0 Å². The smallest absolute Gasteiger partial charge is 0.201 e. The van der Waals surface area contributed by atoms with Gasteiger partial charge in [-0.1, -0.05) is 41.4 Å². The zero-order chi connectivity index (χ0) is 14.8. The number of aliphatic hydroxyl groups excluding tert-OH is 1. The molecule has 1 aromatic heterocycles. The van der Waals surface area contributed by atoms with Gasteiger partial charge in [0.25, 0.3) is 0 Å². The molecule has 108 valence electrons. The third-order valence-corrected chi connectivity index (χ3v) is 3.74. The van der Waals surface area contributed by atoms with Crippen molar-refractivity contribution in [3.63, 3.8) is 0 Å². The molecule has 0 spiro atoms. The minimum atomic E-state index is -0.747. The molecule has 3 N–H and O–H groups in total. The number of benzene rings is 2. The average molecular weight is 322 g/mol. The highest BCUT2D eigenvalue weighted by Gasteiger charge is 2.12. The predicted octanol–water partition coefficient (Wildman–Crippen LogP) is 4.02. The Morgan fingerprint density at radius 2 is 2.00 bits per heavy atom. The van der Waals surface area contributed by atoms with Crippen molar-refractivity contribution < 1.29 is 5.11 Å². The normalized spacial score (nSPS) is 12.5. The Hall–Kier alpha value is -1.75. The Balaban J connectivity index is 1.71. The number of aliphatic hydroxyl groups is 1. The van der Waals surface area contributed by atoms with Crippen molar-refractivity contribution in [1.82, 2.24) is 9.97 Å². The van der Waals surface area contributed by atoms with Crippen molar-refractivity contribution in [2.75, 3.05) is 11.9 Å². The molecule has 0 amide bonds. The lowest BCUT2D eigenvalue weighted by atomic mass is 10.1. The molecule has 0 radical (unpaired) electrons. The lowest BCUT2D eigenvalue weighted by Crippen LogP contribution is -2.13. The van der Waals surface area contributed by atoms with Gasteiger partial charge in [-0.05, 0) is 24.3 Å². The molecule has 3 rings (SSSR count). The van der Waals surface area contributed by atoms with Crippen LogP contribution in [0.15, 0.2) is 42.5 Å². The number of fused-ring (bicyclic) bond motifs is 1. The summed E-state index contributed by atoms with van der Waals surface area (Å²) in [7, 11) is 0. The summed E-state index contributed by atoms with van der Waals surface area (Å²) in [6.45, 7) is 0.293. The van der Waals surface area contributed by atoms with Crippen molar-refractivity contribution in [2.24, 2.45) is 0 Å². The zero-order valence-corrected chi connectivity index (χ0v) is 12.5. The van der Waals surface area contributed by atoms with Crippen LogP contribution in [-0.2, 0) is 0 Å². The maximum atomic E-state index is 10.2. The summed E-state index contributed by atoms with van der Waals surface area (Å²) in [6, 6.07) is 12.8. The van der Waals surface area contributed by atoms with Gasteiger partial charge in [-0.15, -0.1) is 0 Å². The number of nitrogens with one attached hydrogen (secondary N) is 2. The molecule has 0 aliphatic heterocycles. The molecule has 4 nitrogen and oxygen atoms in total. The van der Waals surface area contributed by atoms with Gasteiger partial charge in [-0.2, -0.15) is 0 Å². The maximum absolute atomic E-state index is 10.2. The molecular formula is C15H13Cl2N3O. The van der Waals surface area contributed by atoms with Gasteiger partial charge < -0.3 is 15.4 Å². The Morgan fingerprint density at radius 3 is 2.76 bits per heavy atom. The molecule has 1 unspecified atom stereocenters. The fourth-order valence-corrected chi connectivity index (χ4v) is 2.65. The van der Waals surface area contributed by atoms with Crippen LogP contribution in [-0.4, -0.2) is 21.6 Å². The largest absolute Gasteiger partial charge is 0.387 e. The molecule has 1 atom stereocenters. The Kier molecular flexibility index (Phi) is 4.01. The number of halogens is 2. The molecule has 0 saturated carbocycles. The molecular weight excluding hydrogens is 309 g/mol. The van der Waals surface area contributed by atoms with Crippen LogP contribution in [0.3, 0.4) is 0 Å². The molecule has 0 aliphatic carbocycles. The van der Waals surface area contributed by atoms with Crippen molar-refractivity contribution >= 4 is 40.2 Å². The van der Waals surface area contributed by atoms with Crippen LogP contribution < -0.4 is 5.32 Å². The van der Waals surface area contributed by atoms with E-state index >= 15 is 0 Å². The number of imidazole rings is 1. The van der Waals surface area contributed by atoms with Gasteiger partial charge in [-0.25, -0.2) is 4.98 Å². The summed E-state index contributed by atoms with van der Waals surface area (Å²) >= 11 is 11.9. The van der Waals surface area contributed by atoms with E-state index in [9.17, 15) is 5.11 Å². The standard InChI is InChI=1S/C15H13Cl2N3O/c16-9-5-6-10(11(17)7-9)14(21)8-18-15-19-12-3-1-2-4-13(12)20-15/h1-7,14,21H,8H2,(H2,18,19,20). The first-order valence-electron chi connectivity index (χ1n) is 6.45. The minimum Gasteiger partial charge on any atom is -0.387 e. The summed E-state index contributed by atoms with van der Waals surface area (Å²) in [5, 5.41) is 14.3. The third-order valence-electron chi connectivity index (χ3n) is 3.17. The van der Waals surface area contributed by atoms with Crippen LogP contribution in [0.4, 0.5) is 5.95 Å². The molecule has 6 heteroatoms. The van der Waals surface area contributed by atoms with Gasteiger partial charge >= 0.3 is 0 Å². The van der Waals surface area contributed by atoms with Crippen LogP contribution in [0.1, 0.15) is 11.7 Å². The van der Waals surface area contributed by atoms with Gasteiger partial charge in [0, 0.05) is 22.2 Å². The summed E-state index contributed by atoms with van der Waals surface area (Å²) in [5.41, 5.74) is 2.45. The Morgan fingerprint density at radius 1 is 1.19 bits per heavy atom. The summed E-state index contributed by atoms with van der Waals surface area (Å²) < 4.78 is 0. The number of hydrogen-bond donors (Lipinski definition) is 3. The van der Waals surface area contributed by atoms with E-state index in [2.05, 4.69) is 15.3 Å². The third kappa shape index (κ3) is 3.13. The Labute approximate surface area is 131 Å². The van der Waals surface area contributed by atoms with Gasteiger partial charge in [0.2, 0.25) is 5.95 Å². The lowest BCUT2D eigenvalue weighted by molar-refractivity contribution is 0.191. The predicted molar refractivity (Wildman–Crippen MR) is 86.0 cm³/mol. The zero-order valence-electron chi connectivity index (χ0n) is 11.0. The number of rotatable bonds is 4. The summed E-state index contributed by atoms with van der Waals surface area (Å²) in [5.74, 6) is 0.611. The second-order valence-corrected chi connectivity index (χ2v) is 5.51.